The van der Waals surface area contributed by atoms with E-state index in [2.05, 4.69) is 39.4 Å². The number of anilines is 1. The van der Waals surface area contributed by atoms with Gasteiger partial charge in [0.25, 0.3) is 5.91 Å². The van der Waals surface area contributed by atoms with E-state index in [1.165, 1.54) is 5.69 Å². The van der Waals surface area contributed by atoms with E-state index in [0.717, 1.165) is 43.0 Å². The van der Waals surface area contributed by atoms with Crippen molar-refractivity contribution in [1.29, 1.82) is 0 Å². The topological polar surface area (TPSA) is 105 Å². The van der Waals surface area contributed by atoms with Gasteiger partial charge in [0.2, 0.25) is 0 Å². The molecule has 0 aliphatic carbocycles. The number of amides is 1. The summed E-state index contributed by atoms with van der Waals surface area (Å²) in [6.07, 6.45) is 3.47. The molecule has 2 N–H and O–H groups in total. The first-order valence-corrected chi connectivity index (χ1v) is 10.3. The van der Waals surface area contributed by atoms with Crippen molar-refractivity contribution in [1.82, 2.24) is 25.1 Å². The van der Waals surface area contributed by atoms with Crippen LogP contribution in [0.4, 0.5) is 5.69 Å². The number of nitrogens with zero attached hydrogens (tertiary/aromatic N) is 5. The van der Waals surface area contributed by atoms with Gasteiger partial charge in [-0.15, -0.1) is 0 Å². The molecular formula is C22H26N6O3. The summed E-state index contributed by atoms with van der Waals surface area (Å²) in [4.78, 5) is 24.0. The average Bonchev–Trinajstić information content (AvgIpc) is 3.24. The summed E-state index contributed by atoms with van der Waals surface area (Å²) in [5, 5.41) is 15.9. The zero-order chi connectivity index (χ0) is 21.8. The standard InChI is InChI=1S/C22H26N6O3/c1-15-11-16(3-4-20(15)28-6-9-31-10-7-28)18-12-19(22(30)23-5-8-29)26-21(25-18)17-13-24-27(2)14-17/h3-4,11-14,29H,5-10H2,1-2H3,(H,23,30). The minimum atomic E-state index is -0.357. The monoisotopic (exact) mass is 422 g/mol. The Labute approximate surface area is 180 Å². The van der Waals surface area contributed by atoms with E-state index in [1.807, 2.05) is 13.1 Å². The second-order valence-corrected chi connectivity index (χ2v) is 7.44. The fourth-order valence-corrected chi connectivity index (χ4v) is 3.61. The van der Waals surface area contributed by atoms with Crippen molar-refractivity contribution >= 4 is 11.6 Å². The molecule has 1 fully saturated rings. The maximum atomic E-state index is 12.6. The summed E-state index contributed by atoms with van der Waals surface area (Å²) in [5.41, 5.74) is 4.83. The van der Waals surface area contributed by atoms with Crippen LogP contribution in [0.1, 0.15) is 16.1 Å². The van der Waals surface area contributed by atoms with Crippen molar-refractivity contribution in [3.8, 4) is 22.6 Å². The third-order valence-corrected chi connectivity index (χ3v) is 5.16. The number of carbonyl (C=O) groups excluding carboxylic acids is 1. The molecule has 0 unspecified atom stereocenters. The fraction of sp³-hybridized carbons (Fsp3) is 0.364. The van der Waals surface area contributed by atoms with Crippen LogP contribution in [-0.2, 0) is 11.8 Å². The molecule has 0 radical (unpaired) electrons. The first-order chi connectivity index (χ1) is 15.0. The predicted molar refractivity (Wildman–Crippen MR) is 117 cm³/mol. The van der Waals surface area contributed by atoms with E-state index < -0.39 is 0 Å². The van der Waals surface area contributed by atoms with E-state index in [1.54, 1.807) is 23.1 Å². The number of morpholine rings is 1. The second kappa shape index (κ2) is 9.23. The summed E-state index contributed by atoms with van der Waals surface area (Å²) >= 11 is 0. The number of aryl methyl sites for hydroxylation is 2. The van der Waals surface area contributed by atoms with Crippen molar-refractivity contribution < 1.29 is 14.6 Å². The molecule has 2 aromatic heterocycles. The largest absolute Gasteiger partial charge is 0.395 e. The Morgan fingerprint density at radius 3 is 2.68 bits per heavy atom. The number of carbonyl (C=O) groups is 1. The number of hydrogen-bond donors (Lipinski definition) is 2. The summed E-state index contributed by atoms with van der Waals surface area (Å²) in [5.74, 6) is 0.0687. The molecule has 1 saturated heterocycles. The van der Waals surface area contributed by atoms with Crippen molar-refractivity contribution in [3.05, 3.63) is 47.9 Å². The highest BCUT2D eigenvalue weighted by Gasteiger charge is 2.17. The van der Waals surface area contributed by atoms with E-state index in [0.29, 0.717) is 11.5 Å². The Morgan fingerprint density at radius 1 is 1.19 bits per heavy atom. The van der Waals surface area contributed by atoms with Gasteiger partial charge in [0.1, 0.15) is 5.69 Å². The molecule has 31 heavy (non-hydrogen) atoms. The van der Waals surface area contributed by atoms with Crippen LogP contribution in [0.25, 0.3) is 22.6 Å². The molecule has 1 amide bonds. The minimum Gasteiger partial charge on any atom is -0.395 e. The van der Waals surface area contributed by atoms with E-state index in [4.69, 9.17) is 14.8 Å². The Balaban J connectivity index is 1.72. The van der Waals surface area contributed by atoms with Gasteiger partial charge in [0.15, 0.2) is 5.82 Å². The molecule has 162 valence electrons. The summed E-state index contributed by atoms with van der Waals surface area (Å²) in [6, 6.07) is 7.86. The lowest BCUT2D eigenvalue weighted by molar-refractivity contribution is 0.0939. The number of aliphatic hydroxyl groups excluding tert-OH is 1. The van der Waals surface area contributed by atoms with Crippen LogP contribution < -0.4 is 10.2 Å². The highest BCUT2D eigenvalue weighted by molar-refractivity contribution is 5.93. The van der Waals surface area contributed by atoms with Crippen LogP contribution in [0.3, 0.4) is 0 Å². The first-order valence-electron chi connectivity index (χ1n) is 10.3. The van der Waals surface area contributed by atoms with Gasteiger partial charge in [-0.2, -0.15) is 5.10 Å². The number of nitrogens with one attached hydrogen (secondary N) is 1. The van der Waals surface area contributed by atoms with Gasteiger partial charge in [0.05, 0.1) is 37.3 Å². The molecule has 1 aliphatic rings. The maximum Gasteiger partial charge on any atom is 0.270 e. The molecule has 0 saturated carbocycles. The number of aliphatic hydroxyl groups is 1. The van der Waals surface area contributed by atoms with Gasteiger partial charge in [-0.3, -0.25) is 9.48 Å². The van der Waals surface area contributed by atoms with Gasteiger partial charge in [-0.25, -0.2) is 9.97 Å². The molecular weight excluding hydrogens is 396 g/mol. The lowest BCUT2D eigenvalue weighted by atomic mass is 10.0. The molecule has 9 heteroatoms. The number of aromatic nitrogens is 4. The lowest BCUT2D eigenvalue weighted by Crippen LogP contribution is -2.36. The Hall–Kier alpha value is -3.30. The van der Waals surface area contributed by atoms with Crippen LogP contribution >= 0.6 is 0 Å². The normalized spacial score (nSPS) is 14.0. The quantitative estimate of drug-likeness (QED) is 0.619. The highest BCUT2D eigenvalue weighted by Crippen LogP contribution is 2.28. The van der Waals surface area contributed by atoms with Crippen molar-refractivity contribution in [2.75, 3.05) is 44.4 Å². The molecule has 3 heterocycles. The molecule has 3 aromatic rings. The van der Waals surface area contributed by atoms with Gasteiger partial charge in [0, 0.05) is 44.1 Å². The molecule has 0 atom stereocenters. The van der Waals surface area contributed by atoms with E-state index in [9.17, 15) is 4.79 Å². The van der Waals surface area contributed by atoms with Crippen molar-refractivity contribution in [3.63, 3.8) is 0 Å². The average molecular weight is 422 g/mol. The van der Waals surface area contributed by atoms with Crippen molar-refractivity contribution in [2.24, 2.45) is 7.05 Å². The summed E-state index contributed by atoms with van der Waals surface area (Å²) in [6.45, 7) is 5.30. The van der Waals surface area contributed by atoms with E-state index in [-0.39, 0.29) is 24.8 Å². The van der Waals surface area contributed by atoms with Gasteiger partial charge < -0.3 is 20.1 Å². The van der Waals surface area contributed by atoms with Crippen LogP contribution in [0, 0.1) is 6.92 Å². The molecule has 1 aliphatic heterocycles. The molecule has 9 nitrogen and oxygen atoms in total. The zero-order valence-corrected chi connectivity index (χ0v) is 17.7. The number of hydrogen-bond acceptors (Lipinski definition) is 7. The maximum absolute atomic E-state index is 12.6. The third kappa shape index (κ3) is 4.73. The van der Waals surface area contributed by atoms with Crippen LogP contribution in [0.2, 0.25) is 0 Å². The molecule has 1 aromatic carbocycles. The Kier molecular flexibility index (Phi) is 6.24. The minimum absolute atomic E-state index is 0.138. The lowest BCUT2D eigenvalue weighted by Gasteiger charge is -2.30. The zero-order valence-electron chi connectivity index (χ0n) is 17.7. The smallest absolute Gasteiger partial charge is 0.270 e. The third-order valence-electron chi connectivity index (χ3n) is 5.16. The first kappa shape index (κ1) is 21.0. The summed E-state index contributed by atoms with van der Waals surface area (Å²) < 4.78 is 7.12. The van der Waals surface area contributed by atoms with Gasteiger partial charge in [-0.1, -0.05) is 6.07 Å². The van der Waals surface area contributed by atoms with Crippen LogP contribution in [0.15, 0.2) is 36.7 Å². The molecule has 0 bridgehead atoms. The number of rotatable bonds is 6. The van der Waals surface area contributed by atoms with Crippen LogP contribution in [0.5, 0.6) is 0 Å². The van der Waals surface area contributed by atoms with Gasteiger partial charge in [-0.05, 0) is 30.7 Å². The van der Waals surface area contributed by atoms with E-state index >= 15 is 0 Å². The SMILES string of the molecule is Cc1cc(-c2cc(C(=O)NCCO)nc(-c3cnn(C)c3)n2)ccc1N1CCOCC1. The number of ether oxygens (including phenoxy) is 1. The predicted octanol–water partition coefficient (Wildman–Crippen LogP) is 1.41. The summed E-state index contributed by atoms with van der Waals surface area (Å²) in [7, 11) is 1.82. The number of benzene rings is 1. The van der Waals surface area contributed by atoms with Crippen LogP contribution in [-0.4, -0.2) is 70.2 Å². The second-order valence-electron chi connectivity index (χ2n) is 7.44. The van der Waals surface area contributed by atoms with Crippen molar-refractivity contribution in [2.45, 2.75) is 6.92 Å². The fourth-order valence-electron chi connectivity index (χ4n) is 3.61. The highest BCUT2D eigenvalue weighted by atomic mass is 16.5. The molecule has 0 spiro atoms. The molecule has 4 rings (SSSR count). The van der Waals surface area contributed by atoms with Gasteiger partial charge >= 0.3 is 0 Å². The Bertz CT molecular complexity index is 1070. The Morgan fingerprint density at radius 2 is 2.00 bits per heavy atom.